The highest BCUT2D eigenvalue weighted by Gasteiger charge is 2.01. The molecule has 0 unspecified atom stereocenters. The third-order valence-electron chi connectivity index (χ3n) is 2.58. The lowest BCUT2D eigenvalue weighted by molar-refractivity contribution is -0.116. The van der Waals surface area contributed by atoms with Crippen molar-refractivity contribution >= 4 is 5.91 Å². The van der Waals surface area contributed by atoms with Crippen LogP contribution in [-0.2, 0) is 11.3 Å². The second-order valence-corrected chi connectivity index (χ2v) is 4.13. The smallest absolute Gasteiger partial charge is 0.243 e. The number of amides is 1. The third kappa shape index (κ3) is 3.95. The van der Waals surface area contributed by atoms with Gasteiger partial charge in [0.2, 0.25) is 5.91 Å². The first kappa shape index (κ1) is 13.8. The first-order valence-corrected chi connectivity index (χ1v) is 6.10. The second kappa shape index (κ2) is 6.52. The van der Waals surface area contributed by atoms with E-state index >= 15 is 0 Å². The average Bonchev–Trinajstić information content (AvgIpc) is 2.45. The number of halogens is 1. The van der Waals surface area contributed by atoms with E-state index in [1.54, 1.807) is 24.3 Å². The summed E-state index contributed by atoms with van der Waals surface area (Å²) in [5, 5.41) is 2.68. The molecule has 0 bridgehead atoms. The molecule has 0 aliphatic rings. The molecule has 1 N–H and O–H groups in total. The molecule has 0 atom stereocenters. The van der Waals surface area contributed by atoms with Gasteiger partial charge in [0.25, 0.3) is 0 Å². The van der Waals surface area contributed by atoms with Crippen molar-refractivity contribution in [3.8, 4) is 11.5 Å². The van der Waals surface area contributed by atoms with E-state index in [1.165, 1.54) is 18.2 Å². The van der Waals surface area contributed by atoms with Crippen LogP contribution in [0.2, 0.25) is 0 Å². The number of benzene rings is 2. The van der Waals surface area contributed by atoms with Crippen LogP contribution in [0.15, 0.2) is 61.2 Å². The van der Waals surface area contributed by atoms with Gasteiger partial charge < -0.3 is 10.1 Å². The van der Waals surface area contributed by atoms with Crippen LogP contribution >= 0.6 is 0 Å². The maximum absolute atomic E-state index is 13.1. The zero-order valence-electron chi connectivity index (χ0n) is 10.8. The van der Waals surface area contributed by atoms with Gasteiger partial charge in [-0.25, -0.2) is 4.39 Å². The molecule has 2 aromatic carbocycles. The van der Waals surface area contributed by atoms with Crippen molar-refractivity contribution in [2.24, 2.45) is 0 Å². The van der Waals surface area contributed by atoms with Gasteiger partial charge >= 0.3 is 0 Å². The fourth-order valence-corrected chi connectivity index (χ4v) is 1.65. The summed E-state index contributed by atoms with van der Waals surface area (Å²) in [7, 11) is 0. The maximum atomic E-state index is 13.1. The first-order chi connectivity index (χ1) is 9.67. The molecule has 0 spiro atoms. The molecule has 2 aromatic rings. The van der Waals surface area contributed by atoms with Gasteiger partial charge in [-0.15, -0.1) is 0 Å². The Balaban J connectivity index is 2.06. The average molecular weight is 271 g/mol. The number of rotatable bonds is 5. The minimum absolute atomic E-state index is 0.235. The molecule has 20 heavy (non-hydrogen) atoms. The number of nitrogens with one attached hydrogen (secondary N) is 1. The van der Waals surface area contributed by atoms with Crippen LogP contribution in [0.25, 0.3) is 0 Å². The number of carbonyl (C=O) groups excluding carboxylic acids is 1. The largest absolute Gasteiger partial charge is 0.457 e. The van der Waals surface area contributed by atoms with Crippen molar-refractivity contribution < 1.29 is 13.9 Å². The van der Waals surface area contributed by atoms with Crippen LogP contribution < -0.4 is 10.1 Å². The molecule has 0 radical (unpaired) electrons. The zero-order valence-corrected chi connectivity index (χ0v) is 10.8. The summed E-state index contributed by atoms with van der Waals surface area (Å²) in [6.45, 7) is 3.76. The molecular formula is C16H14FNO2. The Kier molecular flexibility index (Phi) is 4.50. The summed E-state index contributed by atoms with van der Waals surface area (Å²) in [4.78, 5) is 11.1. The van der Waals surface area contributed by atoms with Crippen LogP contribution in [0.3, 0.4) is 0 Å². The molecule has 0 aromatic heterocycles. The molecule has 0 saturated carbocycles. The van der Waals surface area contributed by atoms with E-state index in [0.29, 0.717) is 18.0 Å². The van der Waals surface area contributed by atoms with Gasteiger partial charge in [-0.05, 0) is 35.9 Å². The summed E-state index contributed by atoms with van der Waals surface area (Å²) in [5.41, 5.74) is 0.883. The van der Waals surface area contributed by atoms with E-state index < -0.39 is 0 Å². The molecule has 0 fully saturated rings. The standard InChI is InChI=1S/C16H14FNO2/c1-2-16(19)18-11-12-5-3-7-14(9-12)20-15-8-4-6-13(17)10-15/h2-10H,1,11H2,(H,18,19). The van der Waals surface area contributed by atoms with Crippen LogP contribution in [0.5, 0.6) is 11.5 Å². The van der Waals surface area contributed by atoms with Crippen molar-refractivity contribution in [2.45, 2.75) is 6.54 Å². The van der Waals surface area contributed by atoms with Crippen LogP contribution in [0, 0.1) is 5.82 Å². The number of ether oxygens (including phenoxy) is 1. The molecule has 2 rings (SSSR count). The van der Waals surface area contributed by atoms with Gasteiger partial charge in [0.05, 0.1) is 0 Å². The van der Waals surface area contributed by atoms with Gasteiger partial charge in [0.15, 0.2) is 0 Å². The highest BCUT2D eigenvalue weighted by Crippen LogP contribution is 2.22. The Labute approximate surface area is 116 Å². The molecule has 102 valence electrons. The Morgan fingerprint density at radius 3 is 2.60 bits per heavy atom. The normalized spacial score (nSPS) is 9.85. The summed E-state index contributed by atoms with van der Waals surface area (Å²) >= 11 is 0. The van der Waals surface area contributed by atoms with Gasteiger partial charge in [0, 0.05) is 12.6 Å². The van der Waals surface area contributed by atoms with E-state index in [-0.39, 0.29) is 11.7 Å². The number of hydrogen-bond donors (Lipinski definition) is 1. The maximum Gasteiger partial charge on any atom is 0.243 e. The monoisotopic (exact) mass is 271 g/mol. The summed E-state index contributed by atoms with van der Waals surface area (Å²) < 4.78 is 18.6. The Bertz CT molecular complexity index is 625. The zero-order chi connectivity index (χ0) is 14.4. The SMILES string of the molecule is C=CC(=O)NCc1cccc(Oc2cccc(F)c2)c1. The Morgan fingerprint density at radius 2 is 1.90 bits per heavy atom. The lowest BCUT2D eigenvalue weighted by Gasteiger charge is -2.08. The minimum atomic E-state index is -0.350. The van der Waals surface area contributed by atoms with E-state index in [9.17, 15) is 9.18 Å². The van der Waals surface area contributed by atoms with Crippen molar-refractivity contribution in [2.75, 3.05) is 0 Å². The molecular weight excluding hydrogens is 257 g/mol. The van der Waals surface area contributed by atoms with E-state index in [2.05, 4.69) is 11.9 Å². The molecule has 1 amide bonds. The topological polar surface area (TPSA) is 38.3 Å². The number of hydrogen-bond acceptors (Lipinski definition) is 2. The van der Waals surface area contributed by atoms with Crippen LogP contribution in [0.1, 0.15) is 5.56 Å². The van der Waals surface area contributed by atoms with Gasteiger partial charge in [-0.2, -0.15) is 0 Å². The van der Waals surface area contributed by atoms with Gasteiger partial charge in [-0.3, -0.25) is 4.79 Å². The number of carbonyl (C=O) groups is 1. The van der Waals surface area contributed by atoms with Crippen LogP contribution in [-0.4, -0.2) is 5.91 Å². The van der Waals surface area contributed by atoms with Crippen molar-refractivity contribution in [1.29, 1.82) is 0 Å². The molecule has 0 saturated heterocycles. The highest BCUT2D eigenvalue weighted by molar-refractivity contribution is 5.86. The first-order valence-electron chi connectivity index (χ1n) is 6.10. The Hall–Kier alpha value is -2.62. The van der Waals surface area contributed by atoms with E-state index in [1.807, 2.05) is 12.1 Å². The van der Waals surface area contributed by atoms with Crippen molar-refractivity contribution in [3.63, 3.8) is 0 Å². The summed E-state index contributed by atoms with van der Waals surface area (Å²) in [6.07, 6.45) is 1.22. The third-order valence-corrected chi connectivity index (χ3v) is 2.58. The van der Waals surface area contributed by atoms with Crippen LogP contribution in [0.4, 0.5) is 4.39 Å². The second-order valence-electron chi connectivity index (χ2n) is 4.13. The summed E-state index contributed by atoms with van der Waals surface area (Å²) in [5.74, 6) is 0.427. The fraction of sp³-hybridized carbons (Fsp3) is 0.0625. The minimum Gasteiger partial charge on any atom is -0.457 e. The molecule has 3 nitrogen and oxygen atoms in total. The highest BCUT2D eigenvalue weighted by atomic mass is 19.1. The Morgan fingerprint density at radius 1 is 1.20 bits per heavy atom. The predicted molar refractivity (Wildman–Crippen MR) is 75.0 cm³/mol. The molecule has 0 aliphatic carbocycles. The lowest BCUT2D eigenvalue weighted by atomic mass is 10.2. The van der Waals surface area contributed by atoms with Gasteiger partial charge in [-0.1, -0.05) is 24.8 Å². The van der Waals surface area contributed by atoms with E-state index in [4.69, 9.17) is 4.74 Å². The quantitative estimate of drug-likeness (QED) is 0.846. The lowest BCUT2D eigenvalue weighted by Crippen LogP contribution is -2.19. The summed E-state index contributed by atoms with van der Waals surface area (Å²) in [6, 6.07) is 13.2. The van der Waals surface area contributed by atoms with Crippen molar-refractivity contribution in [1.82, 2.24) is 5.32 Å². The van der Waals surface area contributed by atoms with Crippen molar-refractivity contribution in [3.05, 3.63) is 72.6 Å². The van der Waals surface area contributed by atoms with Gasteiger partial charge in [0.1, 0.15) is 17.3 Å². The molecule has 0 heterocycles. The van der Waals surface area contributed by atoms with E-state index in [0.717, 1.165) is 5.56 Å². The molecule has 4 heteroatoms. The fourth-order valence-electron chi connectivity index (χ4n) is 1.65. The predicted octanol–water partition coefficient (Wildman–Crippen LogP) is 3.42. The molecule has 0 aliphatic heterocycles.